The van der Waals surface area contributed by atoms with Crippen LogP contribution in [0, 0.1) is 12.8 Å². The highest BCUT2D eigenvalue weighted by molar-refractivity contribution is 5.72. The van der Waals surface area contributed by atoms with E-state index >= 15 is 0 Å². The maximum Gasteiger partial charge on any atom is 0.309 e. The molecule has 94 valence electrons. The van der Waals surface area contributed by atoms with Crippen LogP contribution >= 0.6 is 0 Å². The van der Waals surface area contributed by atoms with E-state index in [-0.39, 0.29) is 11.9 Å². The van der Waals surface area contributed by atoms with Crippen LogP contribution in [0.3, 0.4) is 0 Å². The summed E-state index contributed by atoms with van der Waals surface area (Å²) in [6.07, 6.45) is 0. The van der Waals surface area contributed by atoms with E-state index in [1.54, 1.807) is 0 Å². The van der Waals surface area contributed by atoms with Crippen molar-refractivity contribution < 1.29 is 9.53 Å². The number of hydrogen-bond donors (Lipinski definition) is 0. The van der Waals surface area contributed by atoms with Crippen LogP contribution in [0.2, 0.25) is 0 Å². The standard InChI is InChI=1S/C14H21NO2/c1-11-6-5-7-13(8-11)10-15(3)9-12(2)14(16)17-4/h5-8,12H,9-10H2,1-4H3. The number of benzene rings is 1. The molecule has 3 heteroatoms. The predicted octanol–water partition coefficient (Wildman–Crippen LogP) is 2.24. The second-order valence-electron chi connectivity index (χ2n) is 4.61. The van der Waals surface area contributed by atoms with Crippen LogP contribution in [0.25, 0.3) is 0 Å². The van der Waals surface area contributed by atoms with Crippen LogP contribution in [0.1, 0.15) is 18.1 Å². The van der Waals surface area contributed by atoms with Crippen LogP contribution in [0.15, 0.2) is 24.3 Å². The van der Waals surface area contributed by atoms with Crippen molar-refractivity contribution in [2.75, 3.05) is 20.7 Å². The summed E-state index contributed by atoms with van der Waals surface area (Å²) in [6, 6.07) is 8.41. The average molecular weight is 235 g/mol. The zero-order valence-electron chi connectivity index (χ0n) is 11.1. The Morgan fingerprint density at radius 1 is 1.47 bits per heavy atom. The summed E-state index contributed by atoms with van der Waals surface area (Å²) in [4.78, 5) is 13.4. The van der Waals surface area contributed by atoms with Crippen molar-refractivity contribution in [1.29, 1.82) is 0 Å². The number of hydrogen-bond acceptors (Lipinski definition) is 3. The molecule has 0 aromatic heterocycles. The van der Waals surface area contributed by atoms with Crippen molar-refractivity contribution in [1.82, 2.24) is 4.90 Å². The molecular weight excluding hydrogens is 214 g/mol. The molecule has 0 aliphatic carbocycles. The Hall–Kier alpha value is -1.35. The second-order valence-corrected chi connectivity index (χ2v) is 4.61. The van der Waals surface area contributed by atoms with Gasteiger partial charge in [-0.25, -0.2) is 0 Å². The lowest BCUT2D eigenvalue weighted by molar-refractivity contribution is -0.145. The third kappa shape index (κ3) is 4.57. The smallest absolute Gasteiger partial charge is 0.309 e. The van der Waals surface area contributed by atoms with Gasteiger partial charge in [0.15, 0.2) is 0 Å². The van der Waals surface area contributed by atoms with Crippen molar-refractivity contribution in [3.63, 3.8) is 0 Å². The van der Waals surface area contributed by atoms with E-state index in [4.69, 9.17) is 4.74 Å². The largest absolute Gasteiger partial charge is 0.469 e. The Kier molecular flexibility index (Phi) is 5.16. The topological polar surface area (TPSA) is 29.5 Å². The van der Waals surface area contributed by atoms with Crippen molar-refractivity contribution in [3.8, 4) is 0 Å². The fourth-order valence-corrected chi connectivity index (χ4v) is 1.93. The maximum absolute atomic E-state index is 11.3. The molecule has 0 amide bonds. The number of esters is 1. The summed E-state index contributed by atoms with van der Waals surface area (Å²) < 4.78 is 4.72. The number of carbonyl (C=O) groups is 1. The minimum absolute atomic E-state index is 0.0881. The summed E-state index contributed by atoms with van der Waals surface area (Å²) >= 11 is 0. The van der Waals surface area contributed by atoms with Gasteiger partial charge in [0.2, 0.25) is 0 Å². The van der Waals surface area contributed by atoms with Crippen molar-refractivity contribution in [3.05, 3.63) is 35.4 Å². The molecule has 0 N–H and O–H groups in total. The maximum atomic E-state index is 11.3. The Morgan fingerprint density at radius 2 is 2.18 bits per heavy atom. The molecule has 0 fully saturated rings. The van der Waals surface area contributed by atoms with Crippen molar-refractivity contribution in [2.24, 2.45) is 5.92 Å². The number of carbonyl (C=O) groups excluding carboxylic acids is 1. The molecule has 0 bridgehead atoms. The first-order valence-corrected chi connectivity index (χ1v) is 5.85. The van der Waals surface area contributed by atoms with Crippen LogP contribution in [0.5, 0.6) is 0 Å². The van der Waals surface area contributed by atoms with Gasteiger partial charge in [0.25, 0.3) is 0 Å². The Labute approximate surface area is 103 Å². The van der Waals surface area contributed by atoms with Gasteiger partial charge in [-0.05, 0) is 19.5 Å². The molecule has 0 spiro atoms. The average Bonchev–Trinajstić information content (AvgIpc) is 2.27. The van der Waals surface area contributed by atoms with Gasteiger partial charge in [0, 0.05) is 13.1 Å². The minimum atomic E-state index is -0.152. The molecule has 0 saturated carbocycles. The highest BCUT2D eigenvalue weighted by Crippen LogP contribution is 2.08. The fourth-order valence-electron chi connectivity index (χ4n) is 1.93. The quantitative estimate of drug-likeness (QED) is 0.733. The van der Waals surface area contributed by atoms with Gasteiger partial charge < -0.3 is 9.64 Å². The Balaban J connectivity index is 2.49. The predicted molar refractivity (Wildman–Crippen MR) is 68.7 cm³/mol. The van der Waals surface area contributed by atoms with E-state index in [0.29, 0.717) is 6.54 Å². The summed E-state index contributed by atoms with van der Waals surface area (Å²) in [5.74, 6) is -0.240. The zero-order chi connectivity index (χ0) is 12.8. The van der Waals surface area contributed by atoms with Crippen LogP contribution in [0.4, 0.5) is 0 Å². The lowest BCUT2D eigenvalue weighted by atomic mass is 10.1. The van der Waals surface area contributed by atoms with Gasteiger partial charge in [-0.15, -0.1) is 0 Å². The molecule has 0 heterocycles. The van der Waals surface area contributed by atoms with Crippen LogP contribution in [-0.2, 0) is 16.1 Å². The van der Waals surface area contributed by atoms with E-state index in [9.17, 15) is 4.79 Å². The monoisotopic (exact) mass is 235 g/mol. The normalized spacial score (nSPS) is 12.5. The van der Waals surface area contributed by atoms with E-state index in [2.05, 4.69) is 36.1 Å². The van der Waals surface area contributed by atoms with Gasteiger partial charge in [0.1, 0.15) is 0 Å². The van der Waals surface area contributed by atoms with E-state index in [0.717, 1.165) is 6.54 Å². The van der Waals surface area contributed by atoms with Gasteiger partial charge >= 0.3 is 5.97 Å². The van der Waals surface area contributed by atoms with Gasteiger partial charge in [0.05, 0.1) is 13.0 Å². The highest BCUT2D eigenvalue weighted by Gasteiger charge is 2.15. The summed E-state index contributed by atoms with van der Waals surface area (Å²) in [5, 5.41) is 0. The lowest BCUT2D eigenvalue weighted by Gasteiger charge is -2.20. The van der Waals surface area contributed by atoms with E-state index < -0.39 is 0 Å². The first-order valence-electron chi connectivity index (χ1n) is 5.85. The number of ether oxygens (including phenoxy) is 1. The highest BCUT2D eigenvalue weighted by atomic mass is 16.5. The number of methoxy groups -OCH3 is 1. The molecule has 1 aromatic carbocycles. The minimum Gasteiger partial charge on any atom is -0.469 e. The SMILES string of the molecule is COC(=O)C(C)CN(C)Cc1cccc(C)c1. The van der Waals surface area contributed by atoms with Crippen LogP contribution in [-0.4, -0.2) is 31.6 Å². The molecule has 1 rings (SSSR count). The zero-order valence-corrected chi connectivity index (χ0v) is 11.1. The number of nitrogens with zero attached hydrogens (tertiary/aromatic N) is 1. The van der Waals surface area contributed by atoms with Crippen molar-refractivity contribution in [2.45, 2.75) is 20.4 Å². The first-order chi connectivity index (χ1) is 8.02. The van der Waals surface area contributed by atoms with Gasteiger partial charge in [-0.2, -0.15) is 0 Å². The first kappa shape index (κ1) is 13.7. The summed E-state index contributed by atoms with van der Waals surface area (Å²) in [7, 11) is 3.45. The van der Waals surface area contributed by atoms with Gasteiger partial charge in [-0.1, -0.05) is 36.8 Å². The molecule has 1 unspecified atom stereocenters. The Bertz CT molecular complexity index is 376. The lowest BCUT2D eigenvalue weighted by Crippen LogP contribution is -2.29. The van der Waals surface area contributed by atoms with E-state index in [1.165, 1.54) is 18.2 Å². The van der Waals surface area contributed by atoms with Crippen LogP contribution < -0.4 is 0 Å². The molecule has 17 heavy (non-hydrogen) atoms. The third-order valence-corrected chi connectivity index (χ3v) is 2.72. The fraction of sp³-hybridized carbons (Fsp3) is 0.500. The van der Waals surface area contributed by atoms with E-state index in [1.807, 2.05) is 14.0 Å². The van der Waals surface area contributed by atoms with Gasteiger partial charge in [-0.3, -0.25) is 4.79 Å². The van der Waals surface area contributed by atoms with Crippen molar-refractivity contribution >= 4 is 5.97 Å². The second kappa shape index (κ2) is 6.40. The molecule has 0 aliphatic heterocycles. The summed E-state index contributed by atoms with van der Waals surface area (Å²) in [5.41, 5.74) is 2.53. The molecule has 0 aliphatic rings. The molecule has 3 nitrogen and oxygen atoms in total. The molecule has 0 radical (unpaired) electrons. The number of aryl methyl sites for hydroxylation is 1. The molecule has 0 saturated heterocycles. The molecule has 1 aromatic rings. The summed E-state index contributed by atoms with van der Waals surface area (Å²) in [6.45, 7) is 5.53. The molecule has 1 atom stereocenters. The Morgan fingerprint density at radius 3 is 2.76 bits per heavy atom. The molecular formula is C14H21NO2. The number of rotatable bonds is 5. The third-order valence-electron chi connectivity index (χ3n) is 2.72.